The highest BCUT2D eigenvalue weighted by molar-refractivity contribution is 5.84. The molecule has 0 aromatic carbocycles. The molecular formula is C17H27N7. The molecule has 7 nitrogen and oxygen atoms in total. The molecule has 2 saturated heterocycles. The third-order valence-corrected chi connectivity index (χ3v) is 4.49. The van der Waals surface area contributed by atoms with Gasteiger partial charge in [0.15, 0.2) is 11.6 Å². The minimum atomic E-state index is 0.702. The van der Waals surface area contributed by atoms with Gasteiger partial charge in [-0.25, -0.2) is 4.98 Å². The maximum absolute atomic E-state index is 4.73. The predicted octanol–water partition coefficient (Wildman–Crippen LogP) is 1.59. The molecular weight excluding hydrogens is 302 g/mol. The van der Waals surface area contributed by atoms with Crippen LogP contribution in [0.15, 0.2) is 28.2 Å². The first-order valence-corrected chi connectivity index (χ1v) is 8.53. The second-order valence-electron chi connectivity index (χ2n) is 6.57. The van der Waals surface area contributed by atoms with E-state index in [1.54, 1.807) is 0 Å². The van der Waals surface area contributed by atoms with Gasteiger partial charge in [0.25, 0.3) is 0 Å². The van der Waals surface area contributed by atoms with Gasteiger partial charge in [-0.2, -0.15) is 9.98 Å². The van der Waals surface area contributed by atoms with E-state index in [1.807, 2.05) is 18.2 Å². The van der Waals surface area contributed by atoms with Crippen LogP contribution in [-0.4, -0.2) is 90.9 Å². The Kier molecular flexibility index (Phi) is 4.87. The van der Waals surface area contributed by atoms with E-state index in [0.29, 0.717) is 11.6 Å². The lowest BCUT2D eigenvalue weighted by molar-refractivity contribution is 0.318. The molecule has 0 radical (unpaired) electrons. The summed E-state index contributed by atoms with van der Waals surface area (Å²) >= 11 is 0. The molecule has 0 unspecified atom stereocenters. The van der Waals surface area contributed by atoms with Gasteiger partial charge in [-0.3, -0.25) is 0 Å². The molecule has 0 saturated carbocycles. The number of hydrogen-bond acceptors (Lipinski definition) is 3. The average Bonchev–Trinajstić information content (AvgIpc) is 2.55. The zero-order valence-electron chi connectivity index (χ0n) is 15.1. The highest BCUT2D eigenvalue weighted by Crippen LogP contribution is 2.19. The van der Waals surface area contributed by atoms with Crippen molar-refractivity contribution in [1.29, 1.82) is 0 Å². The number of aliphatic imine (C=N–C) groups is 2. The van der Waals surface area contributed by atoms with Gasteiger partial charge in [-0.1, -0.05) is 6.07 Å². The van der Waals surface area contributed by atoms with E-state index in [2.05, 4.69) is 52.8 Å². The summed E-state index contributed by atoms with van der Waals surface area (Å²) in [6.07, 6.45) is 2.32. The fourth-order valence-corrected chi connectivity index (χ4v) is 3.16. The van der Waals surface area contributed by atoms with Crippen molar-refractivity contribution in [2.75, 3.05) is 54.4 Å². The van der Waals surface area contributed by atoms with Crippen LogP contribution in [0.5, 0.6) is 0 Å². The molecule has 0 spiro atoms. The van der Waals surface area contributed by atoms with Gasteiger partial charge in [-0.15, -0.1) is 0 Å². The van der Waals surface area contributed by atoms with Gasteiger partial charge in [0.05, 0.1) is 0 Å². The van der Waals surface area contributed by atoms with Crippen molar-refractivity contribution in [3.05, 3.63) is 18.2 Å². The fourth-order valence-electron chi connectivity index (χ4n) is 3.16. The van der Waals surface area contributed by atoms with Crippen LogP contribution in [0.2, 0.25) is 0 Å². The summed E-state index contributed by atoms with van der Waals surface area (Å²) in [6, 6.07) is 5.83. The number of nitrogens with zero attached hydrogens (tertiary/aromatic N) is 7. The summed E-state index contributed by atoms with van der Waals surface area (Å²) in [7, 11) is 8.30. The number of guanidine groups is 2. The molecule has 2 aliphatic heterocycles. The highest BCUT2D eigenvalue weighted by atomic mass is 15.4. The maximum Gasteiger partial charge on any atom is 0.202 e. The molecule has 0 amide bonds. The summed E-state index contributed by atoms with van der Waals surface area (Å²) in [5, 5.41) is 0. The Morgan fingerprint density at radius 3 is 1.46 bits per heavy atom. The summed E-state index contributed by atoms with van der Waals surface area (Å²) < 4.78 is 0. The molecule has 2 fully saturated rings. The third-order valence-electron chi connectivity index (χ3n) is 4.49. The van der Waals surface area contributed by atoms with E-state index < -0.39 is 0 Å². The van der Waals surface area contributed by atoms with Crippen molar-refractivity contribution >= 4 is 23.6 Å². The van der Waals surface area contributed by atoms with Crippen LogP contribution < -0.4 is 0 Å². The van der Waals surface area contributed by atoms with E-state index >= 15 is 0 Å². The van der Waals surface area contributed by atoms with Crippen LogP contribution in [0.1, 0.15) is 12.8 Å². The molecule has 1 aromatic rings. The number of aromatic nitrogens is 1. The van der Waals surface area contributed by atoms with Gasteiger partial charge in [0.2, 0.25) is 11.9 Å². The molecule has 7 heteroatoms. The second kappa shape index (κ2) is 7.07. The molecule has 24 heavy (non-hydrogen) atoms. The second-order valence-corrected chi connectivity index (χ2v) is 6.57. The van der Waals surface area contributed by atoms with E-state index in [-0.39, 0.29) is 0 Å². The van der Waals surface area contributed by atoms with Gasteiger partial charge in [0, 0.05) is 54.4 Å². The summed E-state index contributed by atoms with van der Waals surface area (Å²) in [5.41, 5.74) is 0. The molecule has 0 bridgehead atoms. The Balaban J connectivity index is 1.86. The summed E-state index contributed by atoms with van der Waals surface area (Å²) in [5.74, 6) is 3.33. The number of rotatable bonds is 2. The maximum atomic E-state index is 4.73. The number of pyridine rings is 1. The Morgan fingerprint density at radius 2 is 1.08 bits per heavy atom. The smallest absolute Gasteiger partial charge is 0.202 e. The van der Waals surface area contributed by atoms with E-state index in [0.717, 1.165) is 50.9 Å². The van der Waals surface area contributed by atoms with Gasteiger partial charge in [0.1, 0.15) is 0 Å². The zero-order valence-corrected chi connectivity index (χ0v) is 15.1. The average molecular weight is 329 g/mol. The van der Waals surface area contributed by atoms with Crippen LogP contribution >= 0.6 is 0 Å². The third kappa shape index (κ3) is 3.60. The molecule has 0 aliphatic carbocycles. The van der Waals surface area contributed by atoms with Crippen LogP contribution in [0.4, 0.5) is 11.6 Å². The van der Waals surface area contributed by atoms with Crippen LogP contribution in [0.3, 0.4) is 0 Å². The SMILES string of the molecule is CN1CCCN(C)C1=Nc1cccc(N=C2N(C)CCCN2C)n1. The van der Waals surface area contributed by atoms with E-state index in [4.69, 9.17) is 9.98 Å². The highest BCUT2D eigenvalue weighted by Gasteiger charge is 2.19. The van der Waals surface area contributed by atoms with E-state index in [9.17, 15) is 0 Å². The van der Waals surface area contributed by atoms with Crippen LogP contribution in [0.25, 0.3) is 0 Å². The molecule has 130 valence electrons. The predicted molar refractivity (Wildman–Crippen MR) is 98.2 cm³/mol. The fraction of sp³-hybridized carbons (Fsp3) is 0.588. The van der Waals surface area contributed by atoms with Crippen molar-refractivity contribution in [2.24, 2.45) is 9.98 Å². The Hall–Kier alpha value is -2.31. The molecule has 0 atom stereocenters. The lowest BCUT2D eigenvalue weighted by Gasteiger charge is -2.34. The van der Waals surface area contributed by atoms with Crippen molar-refractivity contribution in [3.63, 3.8) is 0 Å². The lowest BCUT2D eigenvalue weighted by atomic mass is 10.3. The first-order chi connectivity index (χ1) is 11.5. The van der Waals surface area contributed by atoms with Gasteiger partial charge < -0.3 is 19.6 Å². The lowest BCUT2D eigenvalue weighted by Crippen LogP contribution is -2.46. The van der Waals surface area contributed by atoms with Gasteiger partial charge >= 0.3 is 0 Å². The topological polar surface area (TPSA) is 50.6 Å². The molecule has 1 aromatic heterocycles. The molecule has 3 rings (SSSR count). The van der Waals surface area contributed by atoms with Crippen molar-refractivity contribution in [3.8, 4) is 0 Å². The van der Waals surface area contributed by atoms with Crippen molar-refractivity contribution in [2.45, 2.75) is 12.8 Å². The zero-order chi connectivity index (χ0) is 17.1. The molecule has 2 aliphatic rings. The van der Waals surface area contributed by atoms with Crippen molar-refractivity contribution in [1.82, 2.24) is 24.6 Å². The minimum Gasteiger partial charge on any atom is -0.345 e. The Labute approximate surface area is 144 Å². The van der Waals surface area contributed by atoms with Crippen LogP contribution in [0, 0.1) is 0 Å². The quantitative estimate of drug-likeness (QED) is 0.825. The standard InChI is InChI=1S/C17H27N7/c1-21-10-6-11-22(2)16(21)19-14-8-5-9-15(18-14)20-17-23(3)12-7-13-24(17)4/h5,8-9H,6-7,10-13H2,1-4H3. The van der Waals surface area contributed by atoms with E-state index in [1.165, 1.54) is 0 Å². The first-order valence-electron chi connectivity index (χ1n) is 8.53. The Morgan fingerprint density at radius 1 is 0.708 bits per heavy atom. The molecule has 3 heterocycles. The largest absolute Gasteiger partial charge is 0.345 e. The molecule has 0 N–H and O–H groups in total. The summed E-state index contributed by atoms with van der Waals surface area (Å²) in [4.78, 5) is 22.8. The van der Waals surface area contributed by atoms with Crippen LogP contribution in [-0.2, 0) is 0 Å². The van der Waals surface area contributed by atoms with Gasteiger partial charge in [-0.05, 0) is 25.0 Å². The summed E-state index contributed by atoms with van der Waals surface area (Å²) in [6.45, 7) is 4.11. The minimum absolute atomic E-state index is 0.702. The van der Waals surface area contributed by atoms with Crippen molar-refractivity contribution < 1.29 is 0 Å². The normalized spacial score (nSPS) is 19.0. The first kappa shape index (κ1) is 16.5. The monoisotopic (exact) mass is 329 g/mol. The number of hydrogen-bond donors (Lipinski definition) is 0. The Bertz CT molecular complexity index is 564.